The van der Waals surface area contributed by atoms with E-state index < -0.39 is 17.9 Å². The van der Waals surface area contributed by atoms with Crippen molar-refractivity contribution in [2.75, 3.05) is 13.1 Å². The molecule has 2 amide bonds. The highest BCUT2D eigenvalue weighted by Crippen LogP contribution is 2.18. The van der Waals surface area contributed by atoms with E-state index in [9.17, 15) is 14.4 Å². The Balaban J connectivity index is 2.86. The fourth-order valence-corrected chi connectivity index (χ4v) is 2.00. The molecule has 22 heavy (non-hydrogen) atoms. The van der Waals surface area contributed by atoms with Crippen molar-refractivity contribution < 1.29 is 19.5 Å². The summed E-state index contributed by atoms with van der Waals surface area (Å²) >= 11 is 0. The van der Waals surface area contributed by atoms with Crippen LogP contribution in [-0.2, 0) is 14.4 Å². The van der Waals surface area contributed by atoms with E-state index >= 15 is 0 Å². The van der Waals surface area contributed by atoms with E-state index in [0.29, 0.717) is 0 Å². The maximum Gasteiger partial charge on any atom is 0.326 e. The zero-order valence-corrected chi connectivity index (χ0v) is 12.9. The first-order valence-electron chi connectivity index (χ1n) is 7.02. The van der Waals surface area contributed by atoms with Crippen LogP contribution in [0.25, 0.3) is 0 Å². The van der Waals surface area contributed by atoms with Gasteiger partial charge in [0.25, 0.3) is 0 Å². The van der Waals surface area contributed by atoms with Gasteiger partial charge in [0, 0.05) is 32.4 Å². The minimum atomic E-state index is -1.09. The second kappa shape index (κ2) is 8.11. The van der Waals surface area contributed by atoms with E-state index in [1.54, 1.807) is 31.5 Å². The normalized spacial score (nSPS) is 13.0. The summed E-state index contributed by atoms with van der Waals surface area (Å²) in [6.07, 6.45) is 3.19. The van der Waals surface area contributed by atoms with Gasteiger partial charge in [-0.3, -0.25) is 14.6 Å². The highest BCUT2D eigenvalue weighted by atomic mass is 16.4. The Morgan fingerprint density at radius 3 is 2.55 bits per heavy atom. The lowest BCUT2D eigenvalue weighted by Crippen LogP contribution is -2.48. The average Bonchev–Trinajstić information content (AvgIpc) is 2.50. The maximum atomic E-state index is 12.6. The van der Waals surface area contributed by atoms with Crippen LogP contribution >= 0.6 is 0 Å². The van der Waals surface area contributed by atoms with E-state index in [2.05, 4.69) is 10.3 Å². The number of pyridine rings is 1. The molecular weight excluding hydrogens is 286 g/mol. The summed E-state index contributed by atoms with van der Waals surface area (Å²) < 4.78 is 0. The molecule has 0 radical (unpaired) electrons. The first-order chi connectivity index (χ1) is 10.3. The van der Waals surface area contributed by atoms with Crippen LogP contribution in [0.3, 0.4) is 0 Å². The Kier molecular flexibility index (Phi) is 6.49. The molecule has 0 aromatic carbocycles. The number of rotatable bonds is 7. The quantitative estimate of drug-likeness (QED) is 0.769. The highest BCUT2D eigenvalue weighted by Gasteiger charge is 2.29. The molecule has 0 saturated heterocycles. The lowest BCUT2D eigenvalue weighted by Gasteiger charge is -2.29. The molecule has 0 spiro atoms. The monoisotopic (exact) mass is 307 g/mol. The van der Waals surface area contributed by atoms with E-state index in [1.165, 1.54) is 18.7 Å². The van der Waals surface area contributed by atoms with Gasteiger partial charge < -0.3 is 15.3 Å². The van der Waals surface area contributed by atoms with Crippen molar-refractivity contribution >= 4 is 17.8 Å². The van der Waals surface area contributed by atoms with E-state index in [4.69, 9.17) is 5.11 Å². The zero-order valence-electron chi connectivity index (χ0n) is 12.9. The second-order valence-electron chi connectivity index (χ2n) is 5.04. The van der Waals surface area contributed by atoms with Gasteiger partial charge in [0.1, 0.15) is 6.04 Å². The third-order valence-electron chi connectivity index (χ3n) is 3.39. The van der Waals surface area contributed by atoms with Crippen LogP contribution < -0.4 is 5.32 Å². The smallest absolute Gasteiger partial charge is 0.326 e. The average molecular weight is 307 g/mol. The predicted molar refractivity (Wildman–Crippen MR) is 80.1 cm³/mol. The minimum Gasteiger partial charge on any atom is -0.480 e. The molecular formula is C15H21N3O4. The summed E-state index contributed by atoms with van der Waals surface area (Å²) in [5.74, 6) is -2.13. The molecule has 2 unspecified atom stereocenters. The summed E-state index contributed by atoms with van der Waals surface area (Å²) in [5, 5.41) is 11.7. The van der Waals surface area contributed by atoms with Gasteiger partial charge in [-0.2, -0.15) is 0 Å². The number of hydrogen-bond acceptors (Lipinski definition) is 4. The van der Waals surface area contributed by atoms with Gasteiger partial charge >= 0.3 is 5.97 Å². The molecule has 0 saturated carbocycles. The SMILES string of the molecule is CC(=O)NCCN(C(=O)C(C)c1cccnc1)C(C)C(=O)O. The molecule has 1 heterocycles. The molecule has 1 aromatic heterocycles. The number of nitrogens with one attached hydrogen (secondary N) is 1. The standard InChI is InChI=1S/C15H21N3O4/c1-10(13-5-4-6-16-9-13)14(20)18(11(2)15(21)22)8-7-17-12(3)19/h4-6,9-11H,7-8H2,1-3H3,(H,17,19)(H,21,22). The van der Waals surface area contributed by atoms with Gasteiger partial charge in [-0.05, 0) is 25.5 Å². The van der Waals surface area contributed by atoms with Crippen molar-refractivity contribution in [3.8, 4) is 0 Å². The summed E-state index contributed by atoms with van der Waals surface area (Å²) in [5.41, 5.74) is 0.717. The molecule has 2 atom stereocenters. The van der Waals surface area contributed by atoms with Gasteiger partial charge in [0.15, 0.2) is 0 Å². The molecule has 1 aromatic rings. The molecule has 2 N–H and O–H groups in total. The molecule has 1 rings (SSSR count). The van der Waals surface area contributed by atoms with Gasteiger partial charge in [-0.1, -0.05) is 6.07 Å². The number of aromatic nitrogens is 1. The summed E-state index contributed by atoms with van der Waals surface area (Å²) in [7, 11) is 0. The summed E-state index contributed by atoms with van der Waals surface area (Å²) in [6, 6.07) is 2.52. The van der Waals surface area contributed by atoms with Crippen molar-refractivity contribution in [3.63, 3.8) is 0 Å². The lowest BCUT2D eigenvalue weighted by molar-refractivity contribution is -0.149. The van der Waals surface area contributed by atoms with Crippen molar-refractivity contribution in [3.05, 3.63) is 30.1 Å². The van der Waals surface area contributed by atoms with Crippen LogP contribution in [0.2, 0.25) is 0 Å². The Bertz CT molecular complexity index is 533. The maximum absolute atomic E-state index is 12.6. The van der Waals surface area contributed by atoms with Gasteiger partial charge in [0.2, 0.25) is 11.8 Å². The highest BCUT2D eigenvalue weighted by molar-refractivity contribution is 5.87. The number of carbonyl (C=O) groups is 3. The lowest BCUT2D eigenvalue weighted by atomic mass is 10.0. The summed E-state index contributed by atoms with van der Waals surface area (Å²) in [4.78, 5) is 39.9. The Hall–Kier alpha value is -2.44. The third-order valence-corrected chi connectivity index (χ3v) is 3.39. The number of hydrogen-bond donors (Lipinski definition) is 2. The van der Waals surface area contributed by atoms with Crippen molar-refractivity contribution in [1.29, 1.82) is 0 Å². The van der Waals surface area contributed by atoms with Crippen molar-refractivity contribution in [2.45, 2.75) is 32.7 Å². The van der Waals surface area contributed by atoms with Crippen LogP contribution in [0.4, 0.5) is 0 Å². The predicted octanol–water partition coefficient (Wildman–Crippen LogP) is 0.623. The molecule has 120 valence electrons. The fraction of sp³-hybridized carbons (Fsp3) is 0.467. The van der Waals surface area contributed by atoms with Crippen LogP contribution in [0.15, 0.2) is 24.5 Å². The molecule has 0 aliphatic carbocycles. The van der Waals surface area contributed by atoms with Crippen LogP contribution in [0.5, 0.6) is 0 Å². The number of aliphatic carboxylic acids is 1. The van der Waals surface area contributed by atoms with E-state index in [1.807, 2.05) is 0 Å². The number of amides is 2. The number of nitrogens with zero attached hydrogens (tertiary/aromatic N) is 2. The third kappa shape index (κ3) is 4.83. The Labute approximate surface area is 129 Å². The number of carbonyl (C=O) groups excluding carboxylic acids is 2. The Morgan fingerprint density at radius 1 is 1.36 bits per heavy atom. The van der Waals surface area contributed by atoms with Crippen LogP contribution in [0, 0.1) is 0 Å². The van der Waals surface area contributed by atoms with Crippen LogP contribution in [-0.4, -0.2) is 51.9 Å². The largest absolute Gasteiger partial charge is 0.480 e. The molecule has 0 fully saturated rings. The zero-order chi connectivity index (χ0) is 16.7. The van der Waals surface area contributed by atoms with Gasteiger partial charge in [-0.25, -0.2) is 4.79 Å². The van der Waals surface area contributed by atoms with Crippen LogP contribution in [0.1, 0.15) is 32.3 Å². The van der Waals surface area contributed by atoms with Gasteiger partial charge in [0.05, 0.1) is 5.92 Å². The minimum absolute atomic E-state index is 0.135. The Morgan fingerprint density at radius 2 is 2.05 bits per heavy atom. The number of carboxylic acids is 1. The van der Waals surface area contributed by atoms with E-state index in [0.717, 1.165) is 5.56 Å². The van der Waals surface area contributed by atoms with E-state index in [-0.39, 0.29) is 24.9 Å². The van der Waals surface area contributed by atoms with Crippen molar-refractivity contribution in [1.82, 2.24) is 15.2 Å². The van der Waals surface area contributed by atoms with Crippen molar-refractivity contribution in [2.24, 2.45) is 0 Å². The molecule has 0 bridgehead atoms. The topological polar surface area (TPSA) is 99.6 Å². The molecule has 7 heteroatoms. The van der Waals surface area contributed by atoms with Gasteiger partial charge in [-0.15, -0.1) is 0 Å². The first kappa shape index (κ1) is 17.6. The molecule has 0 aliphatic rings. The molecule has 7 nitrogen and oxygen atoms in total. The second-order valence-corrected chi connectivity index (χ2v) is 5.04. The molecule has 0 aliphatic heterocycles. The summed E-state index contributed by atoms with van der Waals surface area (Å²) in [6.45, 7) is 4.86. The first-order valence-corrected chi connectivity index (χ1v) is 7.02. The fourth-order valence-electron chi connectivity index (χ4n) is 2.00. The number of carboxylic acid groups (broad SMARTS) is 1.